The van der Waals surface area contributed by atoms with E-state index in [0.717, 1.165) is 24.2 Å². The fourth-order valence-electron chi connectivity index (χ4n) is 2.61. The van der Waals surface area contributed by atoms with E-state index in [9.17, 15) is 4.79 Å². The molecule has 2 aromatic rings. The minimum atomic E-state index is -0.674. The molecule has 0 aromatic heterocycles. The molecule has 6 heteroatoms. The summed E-state index contributed by atoms with van der Waals surface area (Å²) in [5.74, 6) is 0.304. The Morgan fingerprint density at radius 2 is 1.89 bits per heavy atom. The Labute approximate surface area is 166 Å². The number of hydrazone groups is 1. The van der Waals surface area contributed by atoms with Crippen LogP contribution >= 0.6 is 11.6 Å². The minimum absolute atomic E-state index is 0.319. The molecule has 2 aromatic carbocycles. The van der Waals surface area contributed by atoms with Crippen LogP contribution in [0.4, 0.5) is 5.69 Å². The molecule has 0 bridgehead atoms. The monoisotopic (exact) mass is 387 g/mol. The summed E-state index contributed by atoms with van der Waals surface area (Å²) in [5.41, 5.74) is 5.46. The van der Waals surface area contributed by atoms with Crippen molar-refractivity contribution in [2.45, 2.75) is 33.8 Å². The van der Waals surface area contributed by atoms with Crippen molar-refractivity contribution >= 4 is 29.4 Å². The van der Waals surface area contributed by atoms with Gasteiger partial charge in [-0.1, -0.05) is 23.7 Å². The lowest BCUT2D eigenvalue weighted by Crippen LogP contribution is -2.33. The first kappa shape index (κ1) is 20.8. The molecule has 1 N–H and O–H groups in total. The second kappa shape index (κ2) is 9.97. The van der Waals surface area contributed by atoms with Gasteiger partial charge in [0.05, 0.1) is 6.21 Å². The van der Waals surface area contributed by atoms with E-state index in [-0.39, 0.29) is 5.91 Å². The third kappa shape index (κ3) is 6.00. The van der Waals surface area contributed by atoms with Crippen LogP contribution in [0.3, 0.4) is 0 Å². The molecule has 0 aliphatic carbocycles. The molecule has 1 atom stereocenters. The molecule has 0 aliphatic heterocycles. The number of halogens is 1. The van der Waals surface area contributed by atoms with Gasteiger partial charge in [-0.25, -0.2) is 5.43 Å². The molecule has 0 saturated carbocycles. The third-order valence-corrected chi connectivity index (χ3v) is 4.46. The second-order valence-electron chi connectivity index (χ2n) is 6.17. The number of amides is 1. The largest absolute Gasteiger partial charge is 0.481 e. The smallest absolute Gasteiger partial charge is 0.280 e. The van der Waals surface area contributed by atoms with Crippen LogP contribution < -0.4 is 15.1 Å². The lowest BCUT2D eigenvalue weighted by Gasteiger charge is -2.20. The van der Waals surface area contributed by atoms with Gasteiger partial charge < -0.3 is 9.64 Å². The van der Waals surface area contributed by atoms with Crippen molar-refractivity contribution in [1.29, 1.82) is 0 Å². The predicted octanol–water partition coefficient (Wildman–Crippen LogP) is 4.41. The maximum Gasteiger partial charge on any atom is 0.280 e. The van der Waals surface area contributed by atoms with Crippen molar-refractivity contribution in [1.82, 2.24) is 5.43 Å². The Balaban J connectivity index is 1.90. The van der Waals surface area contributed by atoms with Crippen LogP contribution in [0.2, 0.25) is 5.02 Å². The van der Waals surface area contributed by atoms with Gasteiger partial charge >= 0.3 is 0 Å². The Kier molecular flexibility index (Phi) is 7.67. The number of benzene rings is 2. The highest BCUT2D eigenvalue weighted by molar-refractivity contribution is 6.30. The van der Waals surface area contributed by atoms with Gasteiger partial charge in [0.15, 0.2) is 6.10 Å². The number of carbonyl (C=O) groups is 1. The van der Waals surface area contributed by atoms with Crippen molar-refractivity contribution in [3.63, 3.8) is 0 Å². The number of anilines is 1. The lowest BCUT2D eigenvalue weighted by molar-refractivity contribution is -0.127. The number of ether oxygens (including phenoxy) is 1. The minimum Gasteiger partial charge on any atom is -0.481 e. The van der Waals surface area contributed by atoms with Crippen LogP contribution in [0, 0.1) is 6.92 Å². The summed E-state index contributed by atoms with van der Waals surface area (Å²) in [6.45, 7) is 9.74. The normalized spacial score (nSPS) is 12.0. The zero-order valence-electron chi connectivity index (χ0n) is 16.2. The van der Waals surface area contributed by atoms with Crippen molar-refractivity contribution in [3.05, 3.63) is 58.6 Å². The van der Waals surface area contributed by atoms with Crippen LogP contribution in [0.5, 0.6) is 5.75 Å². The molecule has 0 spiro atoms. The van der Waals surface area contributed by atoms with E-state index < -0.39 is 6.10 Å². The fraction of sp³-hybridized carbons (Fsp3) is 0.333. The maximum absolute atomic E-state index is 12.2. The predicted molar refractivity (Wildman–Crippen MR) is 112 cm³/mol. The molecule has 2 rings (SSSR count). The number of nitrogens with zero attached hydrogens (tertiary/aromatic N) is 2. The molecule has 27 heavy (non-hydrogen) atoms. The Bertz CT molecular complexity index is 787. The van der Waals surface area contributed by atoms with Crippen molar-refractivity contribution in [2.75, 3.05) is 18.0 Å². The number of nitrogens with one attached hydrogen (secondary N) is 1. The summed E-state index contributed by atoms with van der Waals surface area (Å²) in [6, 6.07) is 13.3. The number of aryl methyl sites for hydroxylation is 1. The second-order valence-corrected chi connectivity index (χ2v) is 6.60. The average Bonchev–Trinajstić information content (AvgIpc) is 2.66. The summed E-state index contributed by atoms with van der Waals surface area (Å²) in [7, 11) is 0. The van der Waals surface area contributed by atoms with Crippen LogP contribution in [-0.2, 0) is 4.79 Å². The van der Waals surface area contributed by atoms with Gasteiger partial charge in [0.1, 0.15) is 5.75 Å². The first-order valence-electron chi connectivity index (χ1n) is 9.05. The molecule has 1 unspecified atom stereocenters. The van der Waals surface area contributed by atoms with E-state index in [1.807, 2.05) is 31.2 Å². The van der Waals surface area contributed by atoms with E-state index in [0.29, 0.717) is 10.8 Å². The zero-order chi connectivity index (χ0) is 19.8. The van der Waals surface area contributed by atoms with Crippen LogP contribution in [0.1, 0.15) is 31.9 Å². The van der Waals surface area contributed by atoms with Gasteiger partial charge in [0, 0.05) is 23.8 Å². The van der Waals surface area contributed by atoms with Crippen molar-refractivity contribution in [3.8, 4) is 5.75 Å². The van der Waals surface area contributed by atoms with Gasteiger partial charge in [-0.2, -0.15) is 5.10 Å². The highest BCUT2D eigenvalue weighted by Gasteiger charge is 2.15. The maximum atomic E-state index is 12.2. The van der Waals surface area contributed by atoms with Crippen LogP contribution in [0.15, 0.2) is 47.6 Å². The first-order valence-corrected chi connectivity index (χ1v) is 9.43. The molecule has 0 radical (unpaired) electrons. The average molecular weight is 388 g/mol. The standard InChI is InChI=1S/C21H26ClN3O2/c1-5-25(6-2)19-10-7-17(8-11-19)14-23-24-21(26)16(4)27-20-12-9-18(22)13-15(20)3/h7-14,16H,5-6H2,1-4H3,(H,24,26)/b23-14+. The van der Waals surface area contributed by atoms with E-state index in [2.05, 4.69) is 29.3 Å². The zero-order valence-corrected chi connectivity index (χ0v) is 17.0. The lowest BCUT2D eigenvalue weighted by atomic mass is 10.2. The van der Waals surface area contributed by atoms with Crippen molar-refractivity contribution < 1.29 is 9.53 Å². The number of hydrogen-bond donors (Lipinski definition) is 1. The molecular weight excluding hydrogens is 362 g/mol. The van der Waals surface area contributed by atoms with Crippen molar-refractivity contribution in [2.24, 2.45) is 5.10 Å². The number of rotatable bonds is 8. The summed E-state index contributed by atoms with van der Waals surface area (Å²) in [5, 5.41) is 4.65. The Hall–Kier alpha value is -2.53. The third-order valence-electron chi connectivity index (χ3n) is 4.22. The summed E-state index contributed by atoms with van der Waals surface area (Å²) in [4.78, 5) is 14.4. The molecule has 144 valence electrons. The van der Waals surface area contributed by atoms with Gasteiger partial charge in [-0.05, 0) is 69.2 Å². The van der Waals surface area contributed by atoms with Crippen LogP contribution in [-0.4, -0.2) is 31.3 Å². The highest BCUT2D eigenvalue weighted by atomic mass is 35.5. The molecule has 0 fully saturated rings. The van der Waals surface area contributed by atoms with E-state index in [4.69, 9.17) is 16.3 Å². The molecule has 0 heterocycles. The molecule has 0 aliphatic rings. The Morgan fingerprint density at radius 1 is 1.22 bits per heavy atom. The van der Waals surface area contributed by atoms with Gasteiger partial charge in [-0.15, -0.1) is 0 Å². The molecule has 0 saturated heterocycles. The van der Waals surface area contributed by atoms with E-state index in [1.54, 1.807) is 31.3 Å². The van der Waals surface area contributed by atoms with E-state index in [1.165, 1.54) is 5.69 Å². The number of hydrogen-bond acceptors (Lipinski definition) is 4. The molecule has 1 amide bonds. The SMILES string of the molecule is CCN(CC)c1ccc(/C=N/NC(=O)C(C)Oc2ccc(Cl)cc2C)cc1. The van der Waals surface area contributed by atoms with Gasteiger partial charge in [0.2, 0.25) is 0 Å². The summed E-state index contributed by atoms with van der Waals surface area (Å²) < 4.78 is 5.68. The summed E-state index contributed by atoms with van der Waals surface area (Å²) >= 11 is 5.93. The topological polar surface area (TPSA) is 53.9 Å². The van der Waals surface area contributed by atoms with Gasteiger partial charge in [0.25, 0.3) is 5.91 Å². The first-order chi connectivity index (χ1) is 12.9. The summed E-state index contributed by atoms with van der Waals surface area (Å²) in [6.07, 6.45) is 0.941. The molecule has 5 nitrogen and oxygen atoms in total. The van der Waals surface area contributed by atoms with E-state index >= 15 is 0 Å². The molecular formula is C21H26ClN3O2. The Morgan fingerprint density at radius 3 is 2.48 bits per heavy atom. The van der Waals surface area contributed by atoms with Gasteiger partial charge in [-0.3, -0.25) is 4.79 Å². The van der Waals surface area contributed by atoms with Crippen LogP contribution in [0.25, 0.3) is 0 Å². The highest BCUT2D eigenvalue weighted by Crippen LogP contribution is 2.22. The number of carbonyl (C=O) groups excluding carboxylic acids is 1. The quantitative estimate of drug-likeness (QED) is 0.539. The fourth-order valence-corrected chi connectivity index (χ4v) is 2.84.